The van der Waals surface area contributed by atoms with Gasteiger partial charge in [-0.3, -0.25) is 9.36 Å². The molecule has 0 aliphatic heterocycles. The molecule has 1 atom stereocenters. The summed E-state index contributed by atoms with van der Waals surface area (Å²) in [6.07, 6.45) is 5.32. The fourth-order valence-electron chi connectivity index (χ4n) is 2.84. The molecule has 3 nitrogen and oxygen atoms in total. The second kappa shape index (κ2) is 4.94. The summed E-state index contributed by atoms with van der Waals surface area (Å²) < 4.78 is 1.80. The second-order valence-corrected chi connectivity index (χ2v) is 7.04. The Morgan fingerprint density at radius 2 is 2.32 bits per heavy atom. The van der Waals surface area contributed by atoms with Crippen LogP contribution in [0, 0.1) is 5.92 Å². The molecule has 0 bridgehead atoms. The van der Waals surface area contributed by atoms with E-state index in [1.54, 1.807) is 27.7 Å². The van der Waals surface area contributed by atoms with Gasteiger partial charge in [-0.05, 0) is 43.9 Å². The van der Waals surface area contributed by atoms with Crippen LogP contribution in [-0.2, 0) is 19.4 Å². The highest BCUT2D eigenvalue weighted by molar-refractivity contribution is 7.98. The van der Waals surface area contributed by atoms with Gasteiger partial charge < -0.3 is 0 Å². The molecule has 1 aliphatic rings. The third kappa shape index (κ3) is 2.03. The van der Waals surface area contributed by atoms with Crippen LogP contribution in [0.1, 0.15) is 30.7 Å². The number of aryl methyl sites for hydroxylation is 1. The van der Waals surface area contributed by atoms with Crippen molar-refractivity contribution in [3.63, 3.8) is 0 Å². The lowest BCUT2D eigenvalue weighted by Gasteiger charge is -2.17. The largest absolute Gasteiger partial charge is 0.287 e. The standard InChI is InChI=1S/C14H18N2OS2/c1-4-16-13(17)11-9-6-5-8(2)7-10(9)19-12(11)15-14(16)18-3/h8H,4-7H2,1-3H3. The van der Waals surface area contributed by atoms with Crippen LogP contribution < -0.4 is 5.56 Å². The van der Waals surface area contributed by atoms with Gasteiger partial charge in [-0.1, -0.05) is 18.7 Å². The molecular weight excluding hydrogens is 276 g/mol. The molecule has 0 radical (unpaired) electrons. The Balaban J connectivity index is 2.32. The minimum Gasteiger partial charge on any atom is -0.287 e. The van der Waals surface area contributed by atoms with Crippen LogP contribution in [0.25, 0.3) is 10.2 Å². The maximum atomic E-state index is 12.7. The van der Waals surface area contributed by atoms with Gasteiger partial charge in [0.15, 0.2) is 5.16 Å². The summed E-state index contributed by atoms with van der Waals surface area (Å²) in [7, 11) is 0. The molecular formula is C14H18N2OS2. The van der Waals surface area contributed by atoms with Crippen LogP contribution in [0.2, 0.25) is 0 Å². The van der Waals surface area contributed by atoms with Crippen molar-refractivity contribution in [2.75, 3.05) is 6.26 Å². The maximum absolute atomic E-state index is 12.7. The molecule has 2 aromatic rings. The topological polar surface area (TPSA) is 34.9 Å². The maximum Gasteiger partial charge on any atom is 0.263 e. The highest BCUT2D eigenvalue weighted by atomic mass is 32.2. The molecule has 1 unspecified atom stereocenters. The predicted octanol–water partition coefficient (Wildman–Crippen LogP) is 3.32. The summed E-state index contributed by atoms with van der Waals surface area (Å²) in [4.78, 5) is 19.7. The first-order valence-electron chi connectivity index (χ1n) is 6.74. The van der Waals surface area contributed by atoms with Crippen LogP contribution in [0.3, 0.4) is 0 Å². The van der Waals surface area contributed by atoms with E-state index in [0.717, 1.165) is 34.1 Å². The first kappa shape index (κ1) is 13.2. The number of thioether (sulfide) groups is 1. The van der Waals surface area contributed by atoms with Crippen LogP contribution in [-0.4, -0.2) is 15.8 Å². The zero-order valence-corrected chi connectivity index (χ0v) is 13.2. The summed E-state index contributed by atoms with van der Waals surface area (Å²) >= 11 is 3.28. The monoisotopic (exact) mass is 294 g/mol. The van der Waals surface area contributed by atoms with Crippen molar-refractivity contribution >= 4 is 33.3 Å². The smallest absolute Gasteiger partial charge is 0.263 e. The lowest BCUT2D eigenvalue weighted by atomic mass is 9.89. The summed E-state index contributed by atoms with van der Waals surface area (Å²) in [6.45, 7) is 4.99. The van der Waals surface area contributed by atoms with E-state index in [4.69, 9.17) is 4.98 Å². The average molecular weight is 294 g/mol. The van der Waals surface area contributed by atoms with Crippen LogP contribution in [0.15, 0.2) is 9.95 Å². The molecule has 19 heavy (non-hydrogen) atoms. The van der Waals surface area contributed by atoms with Gasteiger partial charge in [-0.25, -0.2) is 4.98 Å². The van der Waals surface area contributed by atoms with Gasteiger partial charge in [0.2, 0.25) is 0 Å². The van der Waals surface area contributed by atoms with Crippen molar-refractivity contribution in [1.82, 2.24) is 9.55 Å². The Morgan fingerprint density at radius 1 is 1.53 bits per heavy atom. The van der Waals surface area contributed by atoms with E-state index in [9.17, 15) is 4.79 Å². The third-order valence-electron chi connectivity index (χ3n) is 3.88. The number of aromatic nitrogens is 2. The normalized spacial score (nSPS) is 18.8. The van der Waals surface area contributed by atoms with Gasteiger partial charge in [0.1, 0.15) is 4.83 Å². The fourth-order valence-corrected chi connectivity index (χ4v) is 4.89. The zero-order chi connectivity index (χ0) is 13.6. The Kier molecular flexibility index (Phi) is 3.43. The molecule has 0 saturated heterocycles. The summed E-state index contributed by atoms with van der Waals surface area (Å²) in [5, 5.41) is 1.73. The Bertz CT molecular complexity index is 687. The second-order valence-electron chi connectivity index (χ2n) is 5.18. The SMILES string of the molecule is CCn1c(SC)nc2sc3c(c2c1=O)CCC(C)C3. The first-order chi connectivity index (χ1) is 9.15. The Morgan fingerprint density at radius 3 is 3.00 bits per heavy atom. The van der Waals surface area contributed by atoms with Gasteiger partial charge >= 0.3 is 0 Å². The lowest BCUT2D eigenvalue weighted by molar-refractivity contribution is 0.509. The molecule has 102 valence electrons. The van der Waals surface area contributed by atoms with E-state index in [1.807, 2.05) is 13.2 Å². The summed E-state index contributed by atoms with van der Waals surface area (Å²) in [5.74, 6) is 0.731. The van der Waals surface area contributed by atoms with Crippen molar-refractivity contribution in [3.8, 4) is 0 Å². The van der Waals surface area contributed by atoms with E-state index >= 15 is 0 Å². The van der Waals surface area contributed by atoms with Gasteiger partial charge in [0.25, 0.3) is 5.56 Å². The van der Waals surface area contributed by atoms with Crippen LogP contribution >= 0.6 is 23.1 Å². The van der Waals surface area contributed by atoms with Crippen molar-refractivity contribution < 1.29 is 0 Å². The van der Waals surface area contributed by atoms with E-state index < -0.39 is 0 Å². The number of fused-ring (bicyclic) bond motifs is 3. The van der Waals surface area contributed by atoms with Crippen molar-refractivity contribution in [1.29, 1.82) is 0 Å². The van der Waals surface area contributed by atoms with Crippen molar-refractivity contribution in [2.45, 2.75) is 44.8 Å². The number of thiophene rings is 1. The van der Waals surface area contributed by atoms with Crippen molar-refractivity contribution in [3.05, 3.63) is 20.8 Å². The number of rotatable bonds is 2. The average Bonchev–Trinajstić information content (AvgIpc) is 2.75. The molecule has 0 amide bonds. The molecule has 5 heteroatoms. The minimum atomic E-state index is 0.156. The molecule has 0 N–H and O–H groups in total. The quantitative estimate of drug-likeness (QED) is 0.629. The Labute approximate surface area is 121 Å². The van der Waals surface area contributed by atoms with Gasteiger partial charge in [-0.2, -0.15) is 0 Å². The van der Waals surface area contributed by atoms with E-state index in [-0.39, 0.29) is 5.56 Å². The predicted molar refractivity (Wildman–Crippen MR) is 82.5 cm³/mol. The molecule has 0 fully saturated rings. The highest BCUT2D eigenvalue weighted by Crippen LogP contribution is 2.36. The number of hydrogen-bond donors (Lipinski definition) is 0. The van der Waals surface area contributed by atoms with Crippen LogP contribution in [0.5, 0.6) is 0 Å². The molecule has 2 aromatic heterocycles. The Hall–Kier alpha value is -0.810. The molecule has 0 saturated carbocycles. The van der Waals surface area contributed by atoms with E-state index in [0.29, 0.717) is 6.54 Å². The van der Waals surface area contributed by atoms with Crippen LogP contribution in [0.4, 0.5) is 0 Å². The third-order valence-corrected chi connectivity index (χ3v) is 5.70. The number of nitrogens with zero attached hydrogens (tertiary/aromatic N) is 2. The zero-order valence-electron chi connectivity index (χ0n) is 11.5. The van der Waals surface area contributed by atoms with Gasteiger partial charge in [0, 0.05) is 11.4 Å². The lowest BCUT2D eigenvalue weighted by Crippen LogP contribution is -2.23. The first-order valence-corrected chi connectivity index (χ1v) is 8.78. The molecule has 2 heterocycles. The van der Waals surface area contributed by atoms with E-state index in [1.165, 1.54) is 16.9 Å². The molecule has 3 rings (SSSR count). The minimum absolute atomic E-state index is 0.156. The summed E-state index contributed by atoms with van der Waals surface area (Å²) in [6, 6.07) is 0. The van der Waals surface area contributed by atoms with Gasteiger partial charge in [-0.15, -0.1) is 11.3 Å². The fraction of sp³-hybridized carbons (Fsp3) is 0.571. The number of hydrogen-bond acceptors (Lipinski definition) is 4. The van der Waals surface area contributed by atoms with Crippen molar-refractivity contribution in [2.24, 2.45) is 5.92 Å². The van der Waals surface area contributed by atoms with E-state index in [2.05, 4.69) is 6.92 Å². The highest BCUT2D eigenvalue weighted by Gasteiger charge is 2.24. The molecule has 1 aliphatic carbocycles. The summed E-state index contributed by atoms with van der Waals surface area (Å²) in [5.41, 5.74) is 1.44. The molecule has 0 spiro atoms. The van der Waals surface area contributed by atoms with Gasteiger partial charge in [0.05, 0.1) is 5.39 Å². The molecule has 0 aromatic carbocycles.